The van der Waals surface area contributed by atoms with Crippen LogP contribution in [0.2, 0.25) is 0 Å². The molecule has 0 atom stereocenters. The van der Waals surface area contributed by atoms with Crippen LogP contribution in [0.15, 0.2) is 96.1 Å². The predicted molar refractivity (Wildman–Crippen MR) is 127 cm³/mol. The lowest BCUT2D eigenvalue weighted by Gasteiger charge is -2.02. The fraction of sp³-hybridized carbons (Fsp3) is 0.0385. The topological polar surface area (TPSA) is 79.4 Å². The number of H-pyrrole nitrogens is 1. The minimum absolute atomic E-state index is 0.331. The summed E-state index contributed by atoms with van der Waals surface area (Å²) in [6.07, 6.45) is 5.08. The minimum Gasteiger partial charge on any atom is -0.496 e. The van der Waals surface area contributed by atoms with E-state index in [2.05, 4.69) is 32.9 Å². The maximum atomic E-state index is 12.3. The van der Waals surface area contributed by atoms with Crippen molar-refractivity contribution in [2.24, 2.45) is 5.10 Å². The molecule has 0 spiro atoms. The number of rotatable bonds is 7. The molecule has 32 heavy (non-hydrogen) atoms. The Kier molecular flexibility index (Phi) is 6.53. The number of allylic oxidation sites excluding steroid dienone is 1. The number of nitrogens with zero attached hydrogens (tertiary/aromatic N) is 2. The highest BCUT2D eigenvalue weighted by Crippen LogP contribution is 2.24. The predicted octanol–water partition coefficient (Wildman–Crippen LogP) is 5.18. The van der Waals surface area contributed by atoms with Gasteiger partial charge in [-0.3, -0.25) is 9.89 Å². The van der Waals surface area contributed by atoms with Crippen molar-refractivity contribution in [3.63, 3.8) is 0 Å². The second-order valence-electron chi connectivity index (χ2n) is 6.93. The van der Waals surface area contributed by atoms with E-state index in [-0.39, 0.29) is 5.91 Å². The van der Waals surface area contributed by atoms with Gasteiger partial charge in [0.2, 0.25) is 0 Å². The summed E-state index contributed by atoms with van der Waals surface area (Å²) in [6.45, 7) is 0. The fourth-order valence-electron chi connectivity index (χ4n) is 3.20. The van der Waals surface area contributed by atoms with Crippen LogP contribution in [0.5, 0.6) is 5.75 Å². The molecule has 2 N–H and O–H groups in total. The molecular weight excluding hydrogens is 400 g/mol. The lowest BCUT2D eigenvalue weighted by atomic mass is 10.0. The molecule has 4 rings (SSSR count). The molecule has 0 aliphatic carbocycles. The Morgan fingerprint density at radius 1 is 0.938 bits per heavy atom. The summed E-state index contributed by atoms with van der Waals surface area (Å²) < 4.78 is 5.29. The number of methoxy groups -OCH3 is 1. The third kappa shape index (κ3) is 4.99. The van der Waals surface area contributed by atoms with E-state index in [0.29, 0.717) is 11.4 Å². The van der Waals surface area contributed by atoms with Gasteiger partial charge in [0.05, 0.1) is 12.8 Å². The van der Waals surface area contributed by atoms with Crippen molar-refractivity contribution in [1.29, 1.82) is 0 Å². The van der Waals surface area contributed by atoms with Crippen LogP contribution in [-0.2, 0) is 0 Å². The van der Waals surface area contributed by atoms with Crippen LogP contribution in [-0.4, -0.2) is 29.4 Å². The Labute approximate surface area is 186 Å². The molecule has 0 aliphatic heterocycles. The first-order valence-electron chi connectivity index (χ1n) is 10.1. The Morgan fingerprint density at radius 2 is 1.62 bits per heavy atom. The second-order valence-corrected chi connectivity index (χ2v) is 6.93. The molecular formula is C26H22N4O2. The molecule has 1 aromatic heterocycles. The lowest BCUT2D eigenvalue weighted by Crippen LogP contribution is -2.17. The number of carbonyl (C=O) groups excluding carboxylic acids is 1. The van der Waals surface area contributed by atoms with Crippen LogP contribution >= 0.6 is 0 Å². The van der Waals surface area contributed by atoms with Crippen LogP contribution in [0.25, 0.3) is 28.5 Å². The summed E-state index contributed by atoms with van der Waals surface area (Å²) in [4.78, 5) is 12.3. The van der Waals surface area contributed by atoms with Crippen LogP contribution < -0.4 is 10.2 Å². The first-order valence-corrected chi connectivity index (χ1v) is 10.1. The molecule has 1 amide bonds. The highest BCUT2D eigenvalue weighted by Gasteiger charge is 2.10. The summed E-state index contributed by atoms with van der Waals surface area (Å²) in [5.74, 6) is 0.398. The maximum absolute atomic E-state index is 12.3. The molecule has 0 aliphatic rings. The third-order valence-corrected chi connectivity index (χ3v) is 4.85. The second kappa shape index (κ2) is 10.0. The van der Waals surface area contributed by atoms with E-state index in [1.165, 1.54) is 6.21 Å². The Hall–Kier alpha value is -4.45. The van der Waals surface area contributed by atoms with Crippen molar-refractivity contribution in [2.75, 3.05) is 7.11 Å². The summed E-state index contributed by atoms with van der Waals surface area (Å²) in [7, 11) is 1.62. The van der Waals surface area contributed by atoms with E-state index in [9.17, 15) is 4.79 Å². The molecule has 0 unspecified atom stereocenters. The monoisotopic (exact) mass is 422 g/mol. The molecule has 0 saturated heterocycles. The maximum Gasteiger partial charge on any atom is 0.289 e. The highest BCUT2D eigenvalue weighted by molar-refractivity contribution is 5.94. The number of ether oxygens (including phenoxy) is 1. The first-order chi connectivity index (χ1) is 15.7. The number of aromatic nitrogens is 2. The van der Waals surface area contributed by atoms with E-state index in [1.54, 1.807) is 19.3 Å². The largest absolute Gasteiger partial charge is 0.496 e. The number of amides is 1. The standard InChI is InChI=1S/C26H22N4O2/c1-32-25-12-6-5-10-22(25)11-7-17-27-30-26(31)24-18-23(28-29-24)21-15-13-20(14-16-21)19-8-3-2-4-9-19/h2-18H,1H3,(H,28,29)(H,30,31)/b11-7+,27-17+. The van der Waals surface area contributed by atoms with Gasteiger partial charge in [0.1, 0.15) is 11.4 Å². The minimum atomic E-state index is -0.369. The molecule has 158 valence electrons. The van der Waals surface area contributed by atoms with Gasteiger partial charge in [-0.05, 0) is 35.4 Å². The quantitative estimate of drug-likeness (QED) is 0.318. The van der Waals surface area contributed by atoms with Crippen LogP contribution in [0, 0.1) is 0 Å². The van der Waals surface area contributed by atoms with Gasteiger partial charge >= 0.3 is 0 Å². The molecule has 0 fully saturated rings. The van der Waals surface area contributed by atoms with Crippen LogP contribution in [0.1, 0.15) is 16.1 Å². The third-order valence-electron chi connectivity index (χ3n) is 4.85. The van der Waals surface area contributed by atoms with Crippen molar-refractivity contribution in [2.45, 2.75) is 0 Å². The van der Waals surface area contributed by atoms with Crippen LogP contribution in [0.4, 0.5) is 0 Å². The Balaban J connectivity index is 1.36. The summed E-state index contributed by atoms with van der Waals surface area (Å²) in [6, 6.07) is 27.5. The lowest BCUT2D eigenvalue weighted by molar-refractivity contribution is 0.0950. The van der Waals surface area contributed by atoms with Gasteiger partial charge in [0.25, 0.3) is 5.91 Å². The molecule has 4 aromatic rings. The molecule has 0 bridgehead atoms. The van der Waals surface area contributed by atoms with Gasteiger partial charge in [-0.2, -0.15) is 10.2 Å². The number of nitrogens with one attached hydrogen (secondary N) is 2. The number of hydrazone groups is 1. The number of hydrogen-bond acceptors (Lipinski definition) is 4. The van der Waals surface area contributed by atoms with E-state index in [4.69, 9.17) is 4.74 Å². The Morgan fingerprint density at radius 3 is 2.41 bits per heavy atom. The molecule has 1 heterocycles. The average Bonchev–Trinajstić information content (AvgIpc) is 3.35. The number of hydrogen-bond donors (Lipinski definition) is 2. The zero-order valence-corrected chi connectivity index (χ0v) is 17.5. The zero-order valence-electron chi connectivity index (χ0n) is 17.5. The van der Waals surface area contributed by atoms with Crippen molar-refractivity contribution < 1.29 is 9.53 Å². The van der Waals surface area contributed by atoms with Gasteiger partial charge in [-0.1, -0.05) is 72.8 Å². The van der Waals surface area contributed by atoms with Crippen molar-refractivity contribution in [1.82, 2.24) is 15.6 Å². The molecule has 6 nitrogen and oxygen atoms in total. The number of benzene rings is 3. The van der Waals surface area contributed by atoms with Crippen molar-refractivity contribution >= 4 is 18.2 Å². The Bertz CT molecular complexity index is 1240. The van der Waals surface area contributed by atoms with E-state index in [0.717, 1.165) is 28.0 Å². The average molecular weight is 422 g/mol. The van der Waals surface area contributed by atoms with E-state index in [1.807, 2.05) is 72.8 Å². The van der Waals surface area contributed by atoms with Crippen molar-refractivity contribution in [3.05, 3.63) is 102 Å². The van der Waals surface area contributed by atoms with Gasteiger partial charge in [-0.15, -0.1) is 0 Å². The smallest absolute Gasteiger partial charge is 0.289 e. The number of para-hydroxylation sites is 1. The van der Waals surface area contributed by atoms with Gasteiger partial charge in [0, 0.05) is 17.3 Å². The summed E-state index contributed by atoms with van der Waals surface area (Å²) in [5.41, 5.74) is 7.62. The van der Waals surface area contributed by atoms with E-state index < -0.39 is 0 Å². The SMILES string of the molecule is COc1ccccc1/C=C/C=N/NC(=O)c1cc(-c2ccc(-c3ccccc3)cc2)n[nH]1. The highest BCUT2D eigenvalue weighted by atomic mass is 16.5. The van der Waals surface area contributed by atoms with Gasteiger partial charge in [-0.25, -0.2) is 5.43 Å². The van der Waals surface area contributed by atoms with Gasteiger partial charge < -0.3 is 4.74 Å². The normalized spacial score (nSPS) is 11.2. The number of aromatic amines is 1. The number of carbonyl (C=O) groups is 1. The van der Waals surface area contributed by atoms with Gasteiger partial charge in [0.15, 0.2) is 0 Å². The molecule has 3 aromatic carbocycles. The van der Waals surface area contributed by atoms with E-state index >= 15 is 0 Å². The first kappa shape index (κ1) is 20.8. The molecule has 0 saturated carbocycles. The molecule has 0 radical (unpaired) electrons. The van der Waals surface area contributed by atoms with Crippen LogP contribution in [0.3, 0.4) is 0 Å². The fourth-order valence-corrected chi connectivity index (χ4v) is 3.20. The molecule has 6 heteroatoms. The van der Waals surface area contributed by atoms with Crippen molar-refractivity contribution in [3.8, 4) is 28.1 Å². The summed E-state index contributed by atoms with van der Waals surface area (Å²) in [5, 5.41) is 11.0. The summed E-state index contributed by atoms with van der Waals surface area (Å²) >= 11 is 0. The zero-order chi connectivity index (χ0) is 22.2.